The van der Waals surface area contributed by atoms with Crippen molar-refractivity contribution in [2.75, 3.05) is 12.8 Å². The van der Waals surface area contributed by atoms with Crippen molar-refractivity contribution in [3.63, 3.8) is 0 Å². The molecule has 0 amide bonds. The molecule has 108 valence electrons. The van der Waals surface area contributed by atoms with Gasteiger partial charge in [-0.15, -0.1) is 0 Å². The van der Waals surface area contributed by atoms with Gasteiger partial charge < -0.3 is 10.5 Å². The Kier molecular flexibility index (Phi) is 3.96. The first-order valence-electron chi connectivity index (χ1n) is 5.99. The number of aryl methyl sites for hydroxylation is 1. The summed E-state index contributed by atoms with van der Waals surface area (Å²) in [5, 5.41) is 4.06. The zero-order chi connectivity index (χ0) is 14.8. The number of ether oxygens (including phenoxy) is 1. The molecule has 0 unspecified atom stereocenters. The number of hydrogen-bond donors (Lipinski definition) is 2. The molecular weight excluding hydrogens is 280 g/mol. The molecule has 7 nitrogen and oxygen atoms in total. The van der Waals surface area contributed by atoms with Crippen LogP contribution in [0.3, 0.4) is 0 Å². The SMILES string of the molecule is CCn1cc(Oc2ccc(N)cc2S(=O)(=O)NC)cn1. The van der Waals surface area contributed by atoms with Crippen LogP contribution < -0.4 is 15.2 Å². The molecule has 8 heteroatoms. The van der Waals surface area contributed by atoms with Crippen LogP contribution in [-0.2, 0) is 16.6 Å². The summed E-state index contributed by atoms with van der Waals surface area (Å²) in [5.41, 5.74) is 5.98. The van der Waals surface area contributed by atoms with Crippen molar-refractivity contribution >= 4 is 15.7 Å². The van der Waals surface area contributed by atoms with E-state index in [1.807, 2.05) is 6.92 Å². The molecule has 1 aromatic carbocycles. The van der Waals surface area contributed by atoms with E-state index in [1.54, 1.807) is 16.9 Å². The predicted octanol–water partition coefficient (Wildman–Crippen LogP) is 1.19. The average Bonchev–Trinajstić information content (AvgIpc) is 2.88. The average molecular weight is 296 g/mol. The molecule has 0 aliphatic rings. The fourth-order valence-corrected chi connectivity index (χ4v) is 2.51. The Morgan fingerprint density at radius 1 is 1.45 bits per heavy atom. The molecule has 0 fully saturated rings. The van der Waals surface area contributed by atoms with Gasteiger partial charge in [-0.05, 0) is 32.2 Å². The number of benzene rings is 1. The smallest absolute Gasteiger partial charge is 0.244 e. The van der Waals surface area contributed by atoms with E-state index in [4.69, 9.17) is 10.5 Å². The Balaban J connectivity index is 2.41. The molecule has 0 saturated heterocycles. The number of rotatable bonds is 5. The zero-order valence-corrected chi connectivity index (χ0v) is 12.0. The summed E-state index contributed by atoms with van der Waals surface area (Å²) in [5.74, 6) is 0.661. The van der Waals surface area contributed by atoms with E-state index in [0.717, 1.165) is 0 Å². The van der Waals surface area contributed by atoms with Crippen LogP contribution in [0.4, 0.5) is 5.69 Å². The molecule has 0 aliphatic carbocycles. The molecule has 0 radical (unpaired) electrons. The minimum Gasteiger partial charge on any atom is -0.453 e. The van der Waals surface area contributed by atoms with Gasteiger partial charge in [0, 0.05) is 12.2 Å². The Labute approximate surface area is 117 Å². The number of nitrogen functional groups attached to an aromatic ring is 1. The highest BCUT2D eigenvalue weighted by molar-refractivity contribution is 7.89. The van der Waals surface area contributed by atoms with Crippen molar-refractivity contribution in [1.82, 2.24) is 14.5 Å². The fraction of sp³-hybridized carbons (Fsp3) is 0.250. The van der Waals surface area contributed by atoms with E-state index in [1.165, 1.54) is 25.4 Å². The molecule has 20 heavy (non-hydrogen) atoms. The maximum absolute atomic E-state index is 12.0. The Morgan fingerprint density at radius 2 is 2.20 bits per heavy atom. The number of nitrogens with one attached hydrogen (secondary N) is 1. The zero-order valence-electron chi connectivity index (χ0n) is 11.2. The van der Waals surface area contributed by atoms with Crippen LogP contribution in [0.2, 0.25) is 0 Å². The number of nitrogens with two attached hydrogens (primary N) is 1. The van der Waals surface area contributed by atoms with E-state index < -0.39 is 10.0 Å². The second-order valence-corrected chi connectivity index (χ2v) is 5.90. The van der Waals surface area contributed by atoms with Crippen molar-refractivity contribution in [3.05, 3.63) is 30.6 Å². The first-order valence-corrected chi connectivity index (χ1v) is 7.48. The highest BCUT2D eigenvalue weighted by Crippen LogP contribution is 2.30. The van der Waals surface area contributed by atoms with E-state index in [9.17, 15) is 8.42 Å². The molecule has 3 N–H and O–H groups in total. The highest BCUT2D eigenvalue weighted by Gasteiger charge is 2.19. The minimum atomic E-state index is -3.65. The summed E-state index contributed by atoms with van der Waals surface area (Å²) in [7, 11) is -2.32. The molecule has 1 heterocycles. The van der Waals surface area contributed by atoms with Crippen LogP contribution in [0, 0.1) is 0 Å². The molecule has 0 bridgehead atoms. The minimum absolute atomic E-state index is 0.00996. The molecule has 2 rings (SSSR count). The first kappa shape index (κ1) is 14.4. The fourth-order valence-electron chi connectivity index (χ4n) is 1.63. The molecule has 0 aliphatic heterocycles. The lowest BCUT2D eigenvalue weighted by molar-refractivity contribution is 0.466. The summed E-state index contributed by atoms with van der Waals surface area (Å²) in [6.07, 6.45) is 3.21. The van der Waals surface area contributed by atoms with Gasteiger partial charge in [0.2, 0.25) is 10.0 Å². The van der Waals surface area contributed by atoms with Crippen LogP contribution in [0.5, 0.6) is 11.5 Å². The second-order valence-electron chi connectivity index (χ2n) is 4.05. The Morgan fingerprint density at radius 3 is 2.80 bits per heavy atom. The van der Waals surface area contributed by atoms with Gasteiger partial charge in [-0.3, -0.25) is 4.68 Å². The maximum atomic E-state index is 12.0. The van der Waals surface area contributed by atoms with Gasteiger partial charge in [0.25, 0.3) is 0 Å². The largest absolute Gasteiger partial charge is 0.453 e. The highest BCUT2D eigenvalue weighted by atomic mass is 32.2. The Hall–Kier alpha value is -2.06. The molecule has 1 aromatic heterocycles. The van der Waals surface area contributed by atoms with Gasteiger partial charge in [0.05, 0.1) is 12.4 Å². The molecule has 0 atom stereocenters. The van der Waals surface area contributed by atoms with Crippen LogP contribution in [0.1, 0.15) is 6.92 Å². The van der Waals surface area contributed by atoms with Crippen LogP contribution in [0.15, 0.2) is 35.5 Å². The number of aromatic nitrogens is 2. The van der Waals surface area contributed by atoms with Crippen molar-refractivity contribution in [2.45, 2.75) is 18.4 Å². The van der Waals surface area contributed by atoms with Gasteiger partial charge in [0.1, 0.15) is 10.6 Å². The van der Waals surface area contributed by atoms with Crippen LogP contribution in [0.25, 0.3) is 0 Å². The van der Waals surface area contributed by atoms with Gasteiger partial charge in [0.15, 0.2) is 5.75 Å². The van der Waals surface area contributed by atoms with Gasteiger partial charge in [-0.25, -0.2) is 13.1 Å². The molecule has 0 spiro atoms. The topological polar surface area (TPSA) is 99.2 Å². The lowest BCUT2D eigenvalue weighted by Gasteiger charge is -2.10. The summed E-state index contributed by atoms with van der Waals surface area (Å²) in [4.78, 5) is -0.00996. The maximum Gasteiger partial charge on any atom is 0.244 e. The number of nitrogens with zero attached hydrogens (tertiary/aromatic N) is 2. The molecule has 2 aromatic rings. The van der Waals surface area contributed by atoms with E-state index >= 15 is 0 Å². The van der Waals surface area contributed by atoms with Crippen molar-refractivity contribution < 1.29 is 13.2 Å². The standard InChI is InChI=1S/C12H16N4O3S/c1-3-16-8-10(7-15-16)19-11-5-4-9(13)6-12(11)20(17,18)14-2/h4-8,14H,3,13H2,1-2H3. The van der Waals surface area contributed by atoms with Crippen molar-refractivity contribution in [3.8, 4) is 11.5 Å². The van der Waals surface area contributed by atoms with Crippen LogP contribution >= 0.6 is 0 Å². The van der Waals surface area contributed by atoms with E-state index in [2.05, 4.69) is 9.82 Å². The van der Waals surface area contributed by atoms with Gasteiger partial charge in [-0.2, -0.15) is 5.10 Å². The summed E-state index contributed by atoms with van der Waals surface area (Å²) in [6, 6.07) is 4.45. The number of anilines is 1. The van der Waals surface area contributed by atoms with E-state index in [-0.39, 0.29) is 10.6 Å². The first-order chi connectivity index (χ1) is 9.46. The third kappa shape index (κ3) is 2.91. The normalized spacial score (nSPS) is 11.5. The second kappa shape index (κ2) is 5.51. The number of sulfonamides is 1. The monoisotopic (exact) mass is 296 g/mol. The van der Waals surface area contributed by atoms with Crippen molar-refractivity contribution in [2.24, 2.45) is 0 Å². The van der Waals surface area contributed by atoms with Crippen molar-refractivity contribution in [1.29, 1.82) is 0 Å². The van der Waals surface area contributed by atoms with Gasteiger partial charge >= 0.3 is 0 Å². The summed E-state index contributed by atoms with van der Waals surface area (Å²) >= 11 is 0. The van der Waals surface area contributed by atoms with E-state index in [0.29, 0.717) is 18.0 Å². The third-order valence-electron chi connectivity index (χ3n) is 2.69. The quantitative estimate of drug-likeness (QED) is 0.807. The number of hydrogen-bond acceptors (Lipinski definition) is 5. The van der Waals surface area contributed by atoms with Crippen LogP contribution in [-0.4, -0.2) is 25.2 Å². The lowest BCUT2D eigenvalue weighted by atomic mass is 10.3. The lowest BCUT2D eigenvalue weighted by Crippen LogP contribution is -2.19. The molecular formula is C12H16N4O3S. The van der Waals surface area contributed by atoms with Gasteiger partial charge in [-0.1, -0.05) is 0 Å². The summed E-state index contributed by atoms with van der Waals surface area (Å²) < 4.78 is 33.4. The summed E-state index contributed by atoms with van der Waals surface area (Å²) in [6.45, 7) is 2.64. The molecule has 0 saturated carbocycles. The third-order valence-corrected chi connectivity index (χ3v) is 4.12. The Bertz CT molecular complexity index is 709. The predicted molar refractivity (Wildman–Crippen MR) is 75.1 cm³/mol.